The Morgan fingerprint density at radius 2 is 2.46 bits per heavy atom. The van der Waals surface area contributed by atoms with Crippen molar-refractivity contribution in [2.75, 3.05) is 5.32 Å². The number of nitrogens with one attached hydrogen (secondary N) is 1. The topological polar surface area (TPSA) is 81.2 Å². The molecular weight excluding hydrogens is 190 g/mol. The molecule has 2 rings (SSSR count). The molecule has 13 heavy (non-hydrogen) atoms. The van der Waals surface area contributed by atoms with Gasteiger partial charge in [0.1, 0.15) is 5.69 Å². The number of nitro groups is 1. The second kappa shape index (κ2) is 2.97. The maximum absolute atomic E-state index is 10.5. The van der Waals surface area contributed by atoms with E-state index in [4.69, 9.17) is 5.73 Å². The third kappa shape index (κ3) is 1.63. The molecule has 0 bridgehead atoms. The first kappa shape index (κ1) is 8.46. The maximum atomic E-state index is 10.5. The van der Waals surface area contributed by atoms with Crippen LogP contribution in [0.4, 0.5) is 10.7 Å². The highest BCUT2D eigenvalue weighted by Gasteiger charge is 2.34. The van der Waals surface area contributed by atoms with Crippen molar-refractivity contribution in [2.24, 2.45) is 5.73 Å². The summed E-state index contributed by atoms with van der Waals surface area (Å²) in [7, 11) is 0. The Morgan fingerprint density at radius 3 is 3.00 bits per heavy atom. The van der Waals surface area contributed by atoms with Crippen molar-refractivity contribution in [2.45, 2.75) is 18.5 Å². The molecule has 0 aromatic carbocycles. The van der Waals surface area contributed by atoms with Crippen LogP contribution in [-0.2, 0) is 0 Å². The second-order valence-corrected chi connectivity index (χ2v) is 3.94. The van der Waals surface area contributed by atoms with Gasteiger partial charge in [-0.3, -0.25) is 10.1 Å². The predicted molar refractivity (Wildman–Crippen MR) is 51.0 cm³/mol. The van der Waals surface area contributed by atoms with Crippen LogP contribution in [0, 0.1) is 10.1 Å². The molecule has 1 saturated carbocycles. The summed E-state index contributed by atoms with van der Waals surface area (Å²) >= 11 is 1.13. The third-order valence-electron chi connectivity index (χ3n) is 1.99. The van der Waals surface area contributed by atoms with Crippen LogP contribution in [0.15, 0.2) is 11.4 Å². The first-order valence-electron chi connectivity index (χ1n) is 3.92. The van der Waals surface area contributed by atoms with E-state index in [1.165, 1.54) is 0 Å². The Bertz CT molecular complexity index is 338. The first-order chi connectivity index (χ1) is 6.18. The van der Waals surface area contributed by atoms with Gasteiger partial charge < -0.3 is 11.1 Å². The summed E-state index contributed by atoms with van der Waals surface area (Å²) in [5.74, 6) is 0. The summed E-state index contributed by atoms with van der Waals surface area (Å²) in [6.45, 7) is 0. The molecule has 1 fully saturated rings. The molecule has 0 amide bonds. The molecule has 0 spiro atoms. The first-order valence-corrected chi connectivity index (χ1v) is 4.80. The van der Waals surface area contributed by atoms with Crippen LogP contribution in [0.25, 0.3) is 0 Å². The largest absolute Gasteiger partial charge is 0.374 e. The Balaban J connectivity index is 2.11. The maximum Gasteiger partial charge on any atom is 0.347 e. The van der Waals surface area contributed by atoms with Crippen LogP contribution in [0.5, 0.6) is 0 Å². The van der Waals surface area contributed by atoms with E-state index < -0.39 is 0 Å². The van der Waals surface area contributed by atoms with Gasteiger partial charge in [0.15, 0.2) is 0 Å². The van der Waals surface area contributed by atoms with Crippen molar-refractivity contribution in [3.8, 4) is 0 Å². The quantitative estimate of drug-likeness (QED) is 0.565. The number of nitrogens with two attached hydrogens (primary N) is 1. The monoisotopic (exact) mass is 199 g/mol. The van der Waals surface area contributed by atoms with Gasteiger partial charge in [0.25, 0.3) is 0 Å². The Labute approximate surface area is 78.7 Å². The zero-order valence-corrected chi connectivity index (χ0v) is 7.58. The smallest absolute Gasteiger partial charge is 0.347 e. The van der Waals surface area contributed by atoms with Crippen LogP contribution >= 0.6 is 11.3 Å². The summed E-state index contributed by atoms with van der Waals surface area (Å²) in [6, 6.07) is 2.08. The van der Waals surface area contributed by atoms with E-state index >= 15 is 0 Å². The van der Waals surface area contributed by atoms with Crippen molar-refractivity contribution in [1.29, 1.82) is 0 Å². The van der Waals surface area contributed by atoms with E-state index in [1.807, 2.05) is 0 Å². The van der Waals surface area contributed by atoms with Gasteiger partial charge in [0, 0.05) is 12.1 Å². The van der Waals surface area contributed by atoms with E-state index in [0.29, 0.717) is 5.69 Å². The fourth-order valence-corrected chi connectivity index (χ4v) is 1.81. The minimum atomic E-state index is -0.374. The molecular formula is C7H9N3O2S. The number of thiophene rings is 1. The van der Waals surface area contributed by atoms with Crippen LogP contribution in [-0.4, -0.2) is 17.0 Å². The number of hydrogen-bond acceptors (Lipinski definition) is 5. The fourth-order valence-electron chi connectivity index (χ4n) is 1.13. The van der Waals surface area contributed by atoms with Gasteiger partial charge in [-0.25, -0.2) is 0 Å². The fraction of sp³-hybridized carbons (Fsp3) is 0.429. The zero-order valence-electron chi connectivity index (χ0n) is 6.77. The summed E-state index contributed by atoms with van der Waals surface area (Å²) in [5, 5.41) is 15.4. The molecule has 3 N–H and O–H groups in total. The summed E-state index contributed by atoms with van der Waals surface area (Å²) < 4.78 is 0. The Hall–Kier alpha value is -1.14. The van der Waals surface area contributed by atoms with Gasteiger partial charge in [-0.05, 0) is 17.9 Å². The van der Waals surface area contributed by atoms with Crippen molar-refractivity contribution >= 4 is 22.0 Å². The third-order valence-corrected chi connectivity index (χ3v) is 2.86. The number of nitrogens with zero attached hydrogens (tertiary/aromatic N) is 1. The van der Waals surface area contributed by atoms with Gasteiger partial charge in [0.2, 0.25) is 0 Å². The highest BCUT2D eigenvalue weighted by molar-refractivity contribution is 7.14. The predicted octanol–water partition coefficient (Wildman–Crippen LogP) is 1.17. The molecule has 1 aliphatic rings. The normalized spacial score (nSPS) is 25.6. The number of anilines is 1. The van der Waals surface area contributed by atoms with E-state index in [9.17, 15) is 10.1 Å². The van der Waals surface area contributed by atoms with Crippen LogP contribution in [0.1, 0.15) is 6.42 Å². The molecule has 0 radical (unpaired) electrons. The van der Waals surface area contributed by atoms with Gasteiger partial charge in [-0.1, -0.05) is 11.3 Å². The minimum absolute atomic E-state index is 0.152. The van der Waals surface area contributed by atoms with Crippen molar-refractivity contribution < 1.29 is 4.92 Å². The molecule has 5 nitrogen and oxygen atoms in total. The molecule has 6 heteroatoms. The van der Waals surface area contributed by atoms with Crippen molar-refractivity contribution in [3.63, 3.8) is 0 Å². The lowest BCUT2D eigenvalue weighted by Gasteiger charge is -1.99. The molecule has 1 aromatic heterocycles. The van der Waals surface area contributed by atoms with Gasteiger partial charge in [0.05, 0.1) is 4.92 Å². The molecule has 1 heterocycles. The molecule has 0 saturated heterocycles. The highest BCUT2D eigenvalue weighted by atomic mass is 32.1. The lowest BCUT2D eigenvalue weighted by atomic mass is 10.4. The summed E-state index contributed by atoms with van der Waals surface area (Å²) in [5.41, 5.74) is 6.17. The second-order valence-electron chi connectivity index (χ2n) is 3.05. The van der Waals surface area contributed by atoms with E-state index in [-0.39, 0.29) is 22.0 Å². The van der Waals surface area contributed by atoms with Crippen LogP contribution in [0.3, 0.4) is 0 Å². The molecule has 0 aliphatic heterocycles. The van der Waals surface area contributed by atoms with Crippen LogP contribution in [0.2, 0.25) is 0 Å². The van der Waals surface area contributed by atoms with E-state index in [0.717, 1.165) is 17.8 Å². The molecule has 70 valence electrons. The minimum Gasteiger partial charge on any atom is -0.374 e. The van der Waals surface area contributed by atoms with Crippen LogP contribution < -0.4 is 11.1 Å². The van der Waals surface area contributed by atoms with Crippen molar-refractivity contribution in [1.82, 2.24) is 0 Å². The summed E-state index contributed by atoms with van der Waals surface area (Å²) in [4.78, 5) is 10.1. The molecule has 2 unspecified atom stereocenters. The standard InChI is InChI=1S/C7H9N3O2S/c8-4-3-6(4)9-5-1-2-13-7(5)10(11)12/h1-2,4,6,9H,3,8H2. The van der Waals surface area contributed by atoms with Gasteiger partial charge >= 0.3 is 5.00 Å². The molecule has 1 aromatic rings. The average Bonchev–Trinajstić information content (AvgIpc) is 2.62. The average molecular weight is 199 g/mol. The zero-order chi connectivity index (χ0) is 9.42. The number of rotatable bonds is 3. The lowest BCUT2D eigenvalue weighted by Crippen LogP contribution is -2.13. The number of hydrogen-bond donors (Lipinski definition) is 2. The van der Waals surface area contributed by atoms with E-state index in [2.05, 4.69) is 5.32 Å². The van der Waals surface area contributed by atoms with Gasteiger partial charge in [-0.15, -0.1) is 0 Å². The Morgan fingerprint density at radius 1 is 1.77 bits per heavy atom. The van der Waals surface area contributed by atoms with E-state index in [1.54, 1.807) is 11.4 Å². The Kier molecular flexibility index (Phi) is 1.93. The molecule has 2 atom stereocenters. The highest BCUT2D eigenvalue weighted by Crippen LogP contribution is 2.34. The van der Waals surface area contributed by atoms with Crippen molar-refractivity contribution in [3.05, 3.63) is 21.6 Å². The van der Waals surface area contributed by atoms with Gasteiger partial charge in [-0.2, -0.15) is 0 Å². The summed E-state index contributed by atoms with van der Waals surface area (Å²) in [6.07, 6.45) is 0.896. The lowest BCUT2D eigenvalue weighted by molar-refractivity contribution is -0.379. The SMILES string of the molecule is NC1CC1Nc1ccsc1[N+](=O)[O-]. The molecule has 1 aliphatic carbocycles.